The highest BCUT2D eigenvalue weighted by atomic mass is 19.1. The number of carbonyl (C=O) groups is 1. The average molecular weight is 287 g/mol. The van der Waals surface area contributed by atoms with Crippen molar-refractivity contribution >= 4 is 11.6 Å². The van der Waals surface area contributed by atoms with E-state index in [0.717, 1.165) is 5.56 Å². The van der Waals surface area contributed by atoms with Gasteiger partial charge in [0.25, 0.3) is 0 Å². The quantitative estimate of drug-likeness (QED) is 0.910. The van der Waals surface area contributed by atoms with Crippen molar-refractivity contribution in [2.24, 2.45) is 0 Å². The highest BCUT2D eigenvalue weighted by molar-refractivity contribution is 5.93. The van der Waals surface area contributed by atoms with Crippen molar-refractivity contribution in [3.05, 3.63) is 59.4 Å². The van der Waals surface area contributed by atoms with Crippen LogP contribution in [0.4, 0.5) is 10.1 Å². The van der Waals surface area contributed by atoms with Crippen LogP contribution in [0.1, 0.15) is 18.1 Å². The first-order valence-corrected chi connectivity index (χ1v) is 6.87. The molecule has 0 aromatic heterocycles. The van der Waals surface area contributed by atoms with Gasteiger partial charge in [-0.1, -0.05) is 24.3 Å². The van der Waals surface area contributed by atoms with Crippen LogP contribution in [0.5, 0.6) is 5.75 Å². The van der Waals surface area contributed by atoms with Crippen LogP contribution in [0, 0.1) is 12.7 Å². The number of halogens is 1. The van der Waals surface area contributed by atoms with Gasteiger partial charge in [0.05, 0.1) is 18.7 Å². The maximum absolute atomic E-state index is 13.5. The van der Waals surface area contributed by atoms with E-state index in [4.69, 9.17) is 4.74 Å². The lowest BCUT2D eigenvalue weighted by molar-refractivity contribution is -0.115. The monoisotopic (exact) mass is 287 g/mol. The van der Waals surface area contributed by atoms with E-state index in [1.54, 1.807) is 24.3 Å². The molecule has 21 heavy (non-hydrogen) atoms. The third-order valence-corrected chi connectivity index (χ3v) is 3.02. The Hall–Kier alpha value is -2.36. The van der Waals surface area contributed by atoms with Gasteiger partial charge in [-0.25, -0.2) is 4.39 Å². The summed E-state index contributed by atoms with van der Waals surface area (Å²) >= 11 is 0. The zero-order valence-corrected chi connectivity index (χ0v) is 12.2. The Balaban J connectivity index is 2.11. The SMILES string of the molecule is CCOc1cc(C)ccc1NC(=O)Cc1ccccc1F. The number of hydrogen-bond acceptors (Lipinski definition) is 2. The Kier molecular flexibility index (Phi) is 4.93. The largest absolute Gasteiger partial charge is 0.492 e. The summed E-state index contributed by atoms with van der Waals surface area (Å²) in [7, 11) is 0. The molecule has 0 radical (unpaired) electrons. The number of carbonyl (C=O) groups excluding carboxylic acids is 1. The third kappa shape index (κ3) is 4.05. The predicted molar refractivity (Wildman–Crippen MR) is 81.1 cm³/mol. The number of amides is 1. The lowest BCUT2D eigenvalue weighted by Gasteiger charge is -2.12. The predicted octanol–water partition coefficient (Wildman–Crippen LogP) is 3.71. The van der Waals surface area contributed by atoms with Crippen molar-refractivity contribution in [3.8, 4) is 5.75 Å². The highest BCUT2D eigenvalue weighted by Gasteiger charge is 2.11. The fraction of sp³-hybridized carbons (Fsp3) is 0.235. The Labute approximate surface area is 123 Å². The van der Waals surface area contributed by atoms with Crippen LogP contribution in [-0.2, 0) is 11.2 Å². The molecule has 0 aliphatic carbocycles. The number of nitrogens with one attached hydrogen (secondary N) is 1. The van der Waals surface area contributed by atoms with Crippen LogP contribution < -0.4 is 10.1 Å². The molecular formula is C17H18FNO2. The van der Waals surface area contributed by atoms with Crippen LogP contribution in [0.25, 0.3) is 0 Å². The summed E-state index contributed by atoms with van der Waals surface area (Å²) in [5.74, 6) is -0.0223. The molecule has 0 saturated heterocycles. The molecule has 0 aliphatic rings. The minimum atomic E-state index is -0.374. The maximum Gasteiger partial charge on any atom is 0.229 e. The van der Waals surface area contributed by atoms with E-state index in [1.807, 2.05) is 26.0 Å². The van der Waals surface area contributed by atoms with Gasteiger partial charge in [-0.2, -0.15) is 0 Å². The van der Waals surface area contributed by atoms with Crippen molar-refractivity contribution in [2.45, 2.75) is 20.3 Å². The van der Waals surface area contributed by atoms with Gasteiger partial charge in [0.1, 0.15) is 11.6 Å². The molecule has 0 unspecified atom stereocenters. The molecule has 1 amide bonds. The molecule has 2 aromatic rings. The fourth-order valence-corrected chi connectivity index (χ4v) is 2.02. The first-order valence-electron chi connectivity index (χ1n) is 6.87. The van der Waals surface area contributed by atoms with E-state index in [-0.39, 0.29) is 18.1 Å². The fourth-order valence-electron chi connectivity index (χ4n) is 2.02. The van der Waals surface area contributed by atoms with Crippen LogP contribution in [-0.4, -0.2) is 12.5 Å². The van der Waals surface area contributed by atoms with Gasteiger partial charge in [-0.15, -0.1) is 0 Å². The molecule has 0 heterocycles. The normalized spacial score (nSPS) is 10.2. The summed E-state index contributed by atoms with van der Waals surface area (Å²) in [5, 5.41) is 2.77. The second-order valence-corrected chi connectivity index (χ2v) is 4.75. The van der Waals surface area contributed by atoms with Gasteiger partial charge in [0, 0.05) is 0 Å². The molecule has 0 saturated carbocycles. The molecule has 0 atom stereocenters. The van der Waals surface area contributed by atoms with Crippen molar-refractivity contribution in [1.29, 1.82) is 0 Å². The zero-order valence-electron chi connectivity index (χ0n) is 12.2. The van der Waals surface area contributed by atoms with Crippen LogP contribution in [0.3, 0.4) is 0 Å². The lowest BCUT2D eigenvalue weighted by atomic mass is 10.1. The molecule has 110 valence electrons. The van der Waals surface area contributed by atoms with Gasteiger partial charge in [0.2, 0.25) is 5.91 Å². The second-order valence-electron chi connectivity index (χ2n) is 4.75. The molecule has 1 N–H and O–H groups in total. The summed E-state index contributed by atoms with van der Waals surface area (Å²) in [6, 6.07) is 11.8. The number of benzene rings is 2. The van der Waals surface area contributed by atoms with Gasteiger partial charge in [-0.05, 0) is 43.2 Å². The molecule has 2 rings (SSSR count). The van der Waals surface area contributed by atoms with E-state index < -0.39 is 0 Å². The third-order valence-electron chi connectivity index (χ3n) is 3.02. The van der Waals surface area contributed by atoms with Gasteiger partial charge in [-0.3, -0.25) is 4.79 Å². The van der Waals surface area contributed by atoms with Crippen molar-refractivity contribution in [2.75, 3.05) is 11.9 Å². The minimum absolute atomic E-state index is 0.00782. The molecule has 3 nitrogen and oxygen atoms in total. The van der Waals surface area contributed by atoms with E-state index in [0.29, 0.717) is 23.6 Å². The summed E-state index contributed by atoms with van der Waals surface area (Å²) < 4.78 is 19.0. The number of aryl methyl sites for hydroxylation is 1. The second kappa shape index (κ2) is 6.88. The van der Waals surface area contributed by atoms with E-state index in [1.165, 1.54) is 6.07 Å². The Bertz CT molecular complexity index is 640. The number of ether oxygens (including phenoxy) is 1. The molecular weight excluding hydrogens is 269 g/mol. The summed E-state index contributed by atoms with van der Waals surface area (Å²) in [6.45, 7) is 4.35. The Morgan fingerprint density at radius 2 is 2.00 bits per heavy atom. The minimum Gasteiger partial charge on any atom is -0.492 e. The van der Waals surface area contributed by atoms with Gasteiger partial charge in [0.15, 0.2) is 0 Å². The Morgan fingerprint density at radius 1 is 1.24 bits per heavy atom. The summed E-state index contributed by atoms with van der Waals surface area (Å²) in [5.41, 5.74) is 2.02. The standard InChI is InChI=1S/C17H18FNO2/c1-3-21-16-10-12(2)8-9-15(16)19-17(20)11-13-6-4-5-7-14(13)18/h4-10H,3,11H2,1-2H3,(H,19,20). The lowest BCUT2D eigenvalue weighted by Crippen LogP contribution is -2.16. The van der Waals surface area contributed by atoms with Crippen LogP contribution >= 0.6 is 0 Å². The Morgan fingerprint density at radius 3 is 2.71 bits per heavy atom. The highest BCUT2D eigenvalue weighted by Crippen LogP contribution is 2.26. The smallest absolute Gasteiger partial charge is 0.229 e. The number of hydrogen-bond donors (Lipinski definition) is 1. The van der Waals surface area contributed by atoms with Crippen LogP contribution in [0.2, 0.25) is 0 Å². The van der Waals surface area contributed by atoms with Gasteiger partial charge < -0.3 is 10.1 Å². The average Bonchev–Trinajstić information content (AvgIpc) is 2.45. The zero-order chi connectivity index (χ0) is 15.2. The first-order chi connectivity index (χ1) is 10.1. The maximum atomic E-state index is 13.5. The van der Waals surface area contributed by atoms with Crippen molar-refractivity contribution < 1.29 is 13.9 Å². The van der Waals surface area contributed by atoms with Crippen LogP contribution in [0.15, 0.2) is 42.5 Å². The van der Waals surface area contributed by atoms with E-state index in [2.05, 4.69) is 5.32 Å². The molecule has 2 aromatic carbocycles. The topological polar surface area (TPSA) is 38.3 Å². The van der Waals surface area contributed by atoms with Crippen molar-refractivity contribution in [1.82, 2.24) is 0 Å². The molecule has 0 aliphatic heterocycles. The number of rotatable bonds is 5. The van der Waals surface area contributed by atoms with E-state index >= 15 is 0 Å². The molecule has 4 heteroatoms. The van der Waals surface area contributed by atoms with E-state index in [9.17, 15) is 9.18 Å². The molecule has 0 fully saturated rings. The summed E-state index contributed by atoms with van der Waals surface area (Å²) in [4.78, 5) is 12.0. The molecule has 0 spiro atoms. The summed E-state index contributed by atoms with van der Waals surface area (Å²) in [6.07, 6.45) is -0.00782. The van der Waals surface area contributed by atoms with Gasteiger partial charge >= 0.3 is 0 Å². The van der Waals surface area contributed by atoms with Crippen molar-refractivity contribution in [3.63, 3.8) is 0 Å². The number of anilines is 1. The first kappa shape index (κ1) is 15.0. The molecule has 0 bridgehead atoms.